The number of primary amides is 1. The minimum Gasteiger partial charge on any atom is -0.369 e. The zero-order valence-corrected chi connectivity index (χ0v) is 18.7. The van der Waals surface area contributed by atoms with Crippen LogP contribution in [0.2, 0.25) is 5.02 Å². The number of amides is 3. The van der Waals surface area contributed by atoms with Gasteiger partial charge in [-0.2, -0.15) is 0 Å². The molecule has 2 heterocycles. The molecule has 4 rings (SSSR count). The summed E-state index contributed by atoms with van der Waals surface area (Å²) in [5.41, 5.74) is 7.85. The van der Waals surface area contributed by atoms with Gasteiger partial charge >= 0.3 is 6.03 Å². The van der Waals surface area contributed by atoms with Crippen LogP contribution in [0.1, 0.15) is 17.9 Å². The van der Waals surface area contributed by atoms with E-state index in [-0.39, 0.29) is 28.7 Å². The predicted molar refractivity (Wildman–Crippen MR) is 119 cm³/mol. The van der Waals surface area contributed by atoms with Crippen LogP contribution in [0.4, 0.5) is 4.79 Å². The van der Waals surface area contributed by atoms with E-state index in [9.17, 15) is 18.0 Å². The van der Waals surface area contributed by atoms with Gasteiger partial charge in [-0.05, 0) is 29.7 Å². The summed E-state index contributed by atoms with van der Waals surface area (Å²) in [7, 11) is -3.42. The molecule has 164 valence electrons. The number of sulfone groups is 1. The summed E-state index contributed by atoms with van der Waals surface area (Å²) in [5, 5.41) is 0.375. The van der Waals surface area contributed by atoms with E-state index < -0.39 is 9.84 Å². The van der Waals surface area contributed by atoms with Crippen molar-refractivity contribution in [1.29, 1.82) is 0 Å². The van der Waals surface area contributed by atoms with Crippen molar-refractivity contribution in [2.24, 2.45) is 11.7 Å². The molecule has 1 atom stereocenters. The fraction of sp³-hybridized carbons (Fsp3) is 0.364. The van der Waals surface area contributed by atoms with Gasteiger partial charge in [-0.15, -0.1) is 0 Å². The summed E-state index contributed by atoms with van der Waals surface area (Å²) in [4.78, 5) is 27.6. The standard InChI is InChI=1S/C22H24ClN3O4S/c1-31(29,30)20-10-18(23)6-7-19(20)15-4-2-14(3-5-15)17-12-26(13-17)22(28)25-9-8-16(11-25)21(24)27/h2-7,10,16-17H,8-9,11-13H2,1H3,(H2,24,27)/t16-/m0/s1. The molecule has 2 saturated heterocycles. The third-order valence-electron chi connectivity index (χ3n) is 6.05. The van der Waals surface area contributed by atoms with Crippen LogP contribution in [0.3, 0.4) is 0 Å². The van der Waals surface area contributed by atoms with Crippen molar-refractivity contribution in [1.82, 2.24) is 9.80 Å². The van der Waals surface area contributed by atoms with Gasteiger partial charge in [0.15, 0.2) is 9.84 Å². The summed E-state index contributed by atoms with van der Waals surface area (Å²) in [6.45, 7) is 2.19. The topological polar surface area (TPSA) is 101 Å². The predicted octanol–water partition coefficient (Wildman–Crippen LogP) is 2.74. The van der Waals surface area contributed by atoms with Crippen molar-refractivity contribution in [3.8, 4) is 11.1 Å². The first-order chi connectivity index (χ1) is 14.6. The SMILES string of the molecule is CS(=O)(=O)c1cc(Cl)ccc1-c1ccc(C2CN(C(=O)N3CC[C@H](C(N)=O)C3)C2)cc1. The number of urea groups is 1. The van der Waals surface area contributed by atoms with Crippen LogP contribution >= 0.6 is 11.6 Å². The van der Waals surface area contributed by atoms with Crippen LogP contribution in [0.25, 0.3) is 11.1 Å². The third-order valence-corrected chi connectivity index (χ3v) is 7.42. The molecular weight excluding hydrogens is 438 g/mol. The molecule has 2 aliphatic rings. The van der Waals surface area contributed by atoms with E-state index in [0.717, 1.165) is 11.1 Å². The monoisotopic (exact) mass is 461 g/mol. The lowest BCUT2D eigenvalue weighted by molar-refractivity contribution is -0.121. The highest BCUT2D eigenvalue weighted by Gasteiger charge is 2.37. The highest BCUT2D eigenvalue weighted by Crippen LogP contribution is 2.33. The molecule has 0 spiro atoms. The van der Waals surface area contributed by atoms with Gasteiger partial charge in [0.25, 0.3) is 0 Å². The number of hydrogen-bond donors (Lipinski definition) is 1. The Morgan fingerprint density at radius 1 is 1.03 bits per heavy atom. The molecule has 31 heavy (non-hydrogen) atoms. The van der Waals surface area contributed by atoms with Crippen molar-refractivity contribution in [3.63, 3.8) is 0 Å². The fourth-order valence-corrected chi connectivity index (χ4v) is 5.35. The second kappa shape index (κ2) is 8.16. The second-order valence-electron chi connectivity index (χ2n) is 8.25. The molecule has 0 bridgehead atoms. The highest BCUT2D eigenvalue weighted by atomic mass is 35.5. The van der Waals surface area contributed by atoms with Gasteiger partial charge in [0.1, 0.15) is 0 Å². The fourth-order valence-electron chi connectivity index (χ4n) is 4.19. The van der Waals surface area contributed by atoms with Crippen LogP contribution in [-0.4, -0.2) is 62.6 Å². The molecule has 0 aliphatic carbocycles. The van der Waals surface area contributed by atoms with Crippen LogP contribution in [-0.2, 0) is 14.6 Å². The molecule has 2 N–H and O–H groups in total. The summed E-state index contributed by atoms with van der Waals surface area (Å²) in [6.07, 6.45) is 1.79. The Labute approximate surface area is 186 Å². The second-order valence-corrected chi connectivity index (χ2v) is 10.7. The Hall–Kier alpha value is -2.58. The summed E-state index contributed by atoms with van der Waals surface area (Å²) < 4.78 is 24.3. The summed E-state index contributed by atoms with van der Waals surface area (Å²) >= 11 is 5.99. The zero-order valence-electron chi connectivity index (χ0n) is 17.1. The van der Waals surface area contributed by atoms with E-state index in [1.807, 2.05) is 24.3 Å². The van der Waals surface area contributed by atoms with E-state index in [2.05, 4.69) is 0 Å². The molecule has 0 radical (unpaired) electrons. The zero-order chi connectivity index (χ0) is 22.3. The van der Waals surface area contributed by atoms with Gasteiger partial charge in [-0.1, -0.05) is 41.9 Å². The van der Waals surface area contributed by atoms with Crippen molar-refractivity contribution in [3.05, 3.63) is 53.1 Å². The first kappa shape index (κ1) is 21.6. The van der Waals surface area contributed by atoms with E-state index in [4.69, 9.17) is 17.3 Å². The molecule has 0 saturated carbocycles. The maximum Gasteiger partial charge on any atom is 0.320 e. The van der Waals surface area contributed by atoms with Crippen molar-refractivity contribution in [2.45, 2.75) is 17.2 Å². The largest absolute Gasteiger partial charge is 0.369 e. The van der Waals surface area contributed by atoms with Crippen LogP contribution in [0.5, 0.6) is 0 Å². The summed E-state index contributed by atoms with van der Waals surface area (Å²) in [5.74, 6) is -0.373. The lowest BCUT2D eigenvalue weighted by Crippen LogP contribution is -2.53. The molecule has 2 aromatic rings. The van der Waals surface area contributed by atoms with Gasteiger partial charge in [0.05, 0.1) is 10.8 Å². The Kier molecular flexibility index (Phi) is 5.70. The Bertz CT molecular complexity index is 1130. The minimum absolute atomic E-state index is 0.0458. The minimum atomic E-state index is -3.42. The van der Waals surface area contributed by atoms with Gasteiger partial charge in [0, 0.05) is 48.9 Å². The first-order valence-electron chi connectivity index (χ1n) is 10.1. The molecular formula is C22H24ClN3O4S. The maximum absolute atomic E-state index is 12.6. The number of halogens is 1. The van der Waals surface area contributed by atoms with E-state index in [1.54, 1.807) is 21.9 Å². The number of benzene rings is 2. The molecule has 2 aromatic carbocycles. The molecule has 2 fully saturated rings. The average molecular weight is 462 g/mol. The van der Waals surface area contributed by atoms with E-state index in [1.165, 1.54) is 12.3 Å². The number of rotatable bonds is 4. The average Bonchev–Trinajstić information content (AvgIpc) is 3.17. The van der Waals surface area contributed by atoms with Crippen molar-refractivity contribution >= 4 is 33.4 Å². The first-order valence-corrected chi connectivity index (χ1v) is 12.3. The van der Waals surface area contributed by atoms with Gasteiger partial charge < -0.3 is 15.5 Å². The number of nitrogens with zero attached hydrogens (tertiary/aromatic N) is 2. The normalized spacial score (nSPS) is 19.4. The van der Waals surface area contributed by atoms with Gasteiger partial charge in [-0.25, -0.2) is 13.2 Å². The van der Waals surface area contributed by atoms with Gasteiger partial charge in [0.2, 0.25) is 5.91 Å². The number of carbonyl (C=O) groups is 2. The maximum atomic E-state index is 12.6. The molecule has 0 aromatic heterocycles. The Morgan fingerprint density at radius 3 is 2.29 bits per heavy atom. The molecule has 3 amide bonds. The highest BCUT2D eigenvalue weighted by molar-refractivity contribution is 7.90. The third kappa shape index (κ3) is 4.41. The van der Waals surface area contributed by atoms with E-state index in [0.29, 0.717) is 43.2 Å². The number of nitrogens with two attached hydrogens (primary N) is 1. The quantitative estimate of drug-likeness (QED) is 0.756. The molecule has 7 nitrogen and oxygen atoms in total. The van der Waals surface area contributed by atoms with Crippen molar-refractivity contribution in [2.75, 3.05) is 32.4 Å². The van der Waals surface area contributed by atoms with Gasteiger partial charge in [-0.3, -0.25) is 4.79 Å². The molecule has 9 heteroatoms. The van der Waals surface area contributed by atoms with Crippen LogP contribution in [0.15, 0.2) is 47.4 Å². The summed E-state index contributed by atoms with van der Waals surface area (Å²) in [6, 6.07) is 12.6. The van der Waals surface area contributed by atoms with Crippen LogP contribution < -0.4 is 5.73 Å². The van der Waals surface area contributed by atoms with Crippen molar-refractivity contribution < 1.29 is 18.0 Å². The Morgan fingerprint density at radius 2 is 1.71 bits per heavy atom. The molecule has 0 unspecified atom stereocenters. The molecule has 2 aliphatic heterocycles. The lowest BCUT2D eigenvalue weighted by atomic mass is 9.90. The smallest absolute Gasteiger partial charge is 0.320 e. The number of hydrogen-bond acceptors (Lipinski definition) is 4. The number of likely N-dealkylation sites (tertiary alicyclic amines) is 2. The van der Waals surface area contributed by atoms with Crippen LogP contribution in [0, 0.1) is 5.92 Å². The lowest BCUT2D eigenvalue weighted by Gasteiger charge is -2.41. The Balaban J connectivity index is 1.42. The number of carbonyl (C=O) groups excluding carboxylic acids is 2. The van der Waals surface area contributed by atoms with E-state index >= 15 is 0 Å².